The van der Waals surface area contributed by atoms with E-state index in [2.05, 4.69) is 26.6 Å². The van der Waals surface area contributed by atoms with Crippen molar-refractivity contribution in [2.75, 3.05) is 60.4 Å². The second-order valence-corrected chi connectivity index (χ2v) is 20.3. The monoisotopic (exact) mass is 996 g/mol. The fourth-order valence-corrected chi connectivity index (χ4v) is 8.49. The summed E-state index contributed by atoms with van der Waals surface area (Å²) in [6, 6.07) is -1.28. The minimum absolute atomic E-state index is 0.00155. The van der Waals surface area contributed by atoms with Crippen LogP contribution in [0.3, 0.4) is 0 Å². The molecule has 6 aliphatic heterocycles. The quantitative estimate of drug-likeness (QED) is 0.187. The van der Waals surface area contributed by atoms with Crippen molar-refractivity contribution in [1.82, 2.24) is 46.2 Å². The molecule has 6 heterocycles. The van der Waals surface area contributed by atoms with Gasteiger partial charge in [0.05, 0.1) is 6.04 Å². The summed E-state index contributed by atoms with van der Waals surface area (Å²) in [5, 5.41) is 12.5. The molecule has 3 unspecified atom stereocenters. The van der Waals surface area contributed by atoms with Crippen molar-refractivity contribution in [3.63, 3.8) is 0 Å². The topological polar surface area (TPSA) is 279 Å². The minimum Gasteiger partial charge on any atom is -0.444 e. The predicted octanol–water partition coefficient (Wildman–Crippen LogP) is 1.56. The summed E-state index contributed by atoms with van der Waals surface area (Å²) in [5.41, 5.74) is -1.02. The Bertz CT molecular complexity index is 1880. The Labute approximate surface area is 409 Å². The Kier molecular flexibility index (Phi) is 22.5. The number of likely N-dealkylation sites (N-methyl/N-ethyl adjacent to an activating group) is 3. The van der Waals surface area contributed by atoms with Crippen molar-refractivity contribution in [3.8, 4) is 0 Å². The van der Waals surface area contributed by atoms with Gasteiger partial charge in [0, 0.05) is 77.3 Å². The van der Waals surface area contributed by atoms with Gasteiger partial charge in [-0.15, -0.1) is 0 Å². The van der Waals surface area contributed by atoms with Crippen molar-refractivity contribution in [3.05, 3.63) is 0 Å². The molecule has 6 fully saturated rings. The Morgan fingerprint density at radius 3 is 1.23 bits per heavy atom. The lowest BCUT2D eigenvalue weighted by atomic mass is 9.94. The van der Waals surface area contributed by atoms with E-state index in [0.29, 0.717) is 84.0 Å². The van der Waals surface area contributed by atoms with Crippen LogP contribution in [-0.4, -0.2) is 174 Å². The van der Waals surface area contributed by atoms with E-state index >= 15 is 0 Å². The van der Waals surface area contributed by atoms with E-state index in [9.17, 15) is 52.7 Å². The van der Waals surface area contributed by atoms with Crippen LogP contribution in [0.2, 0.25) is 0 Å². The summed E-state index contributed by atoms with van der Waals surface area (Å²) in [6.45, 7) is 14.6. The Balaban J connectivity index is 0.000000255. The third kappa shape index (κ3) is 19.2. The average molecular weight is 997 g/mol. The molecule has 10 amide bonds. The zero-order valence-electron chi connectivity index (χ0n) is 41.7. The van der Waals surface area contributed by atoms with Gasteiger partial charge in [0.1, 0.15) is 23.3 Å². The second kappa shape index (κ2) is 26.7. The number of piperidine rings is 6. The van der Waals surface area contributed by atoms with Crippen LogP contribution in [0.5, 0.6) is 0 Å². The number of nitrogens with one attached hydrogen (secondary N) is 5. The molecule has 5 N–H and O–H groups in total. The zero-order chi connectivity index (χ0) is 51.8. The first-order valence-corrected chi connectivity index (χ1v) is 24.2. The van der Waals surface area contributed by atoms with Gasteiger partial charge in [-0.2, -0.15) is 0 Å². The van der Waals surface area contributed by atoms with Crippen LogP contribution in [0.25, 0.3) is 0 Å². The van der Waals surface area contributed by atoms with Gasteiger partial charge in [-0.1, -0.05) is 0 Å². The number of ether oxygens (including phenoxy) is 2. The standard InChI is InChI=1S/C17H27N3O5.C12H19N3O3.C11H18ClNO3.C6H10N2O2/c1-17(2,3)25-16(24)20-9-7-11(8-10-20)15(23)19(4)12-5-6-13(21)18-14(12)22;1-15(9-2-3-10(16)14-11(9)17)12(18)8-4-6-13-7-5-8;1-11(2,3)16-10(15)13-6-4-8(5-7-13)9(12)14;1-7-4-2-3-5(9)8-6(4)10/h11-12H,5-10H2,1-4H3,(H,18,21,22);8-9,13H,2-7H2,1H3,(H,14,16,17);8H,4-7H2,1-3H3;4,7H,2-3H2,1H3,(H,8,9,10). The molecule has 0 aromatic rings. The van der Waals surface area contributed by atoms with E-state index in [-0.39, 0.29) is 89.0 Å². The zero-order valence-corrected chi connectivity index (χ0v) is 42.4. The SMILES string of the molecule is CC(C)(C)OC(=O)N1CCC(C(=O)Cl)CC1.CN(C(=O)C1CCN(C(=O)OC(C)(C)C)CC1)C1CCC(=O)NC1=O.CN(C(=O)C1CCNCC1)C1CCC(=O)NC1=O.CNC1CCC(=O)NC1=O. The summed E-state index contributed by atoms with van der Waals surface area (Å²) in [6.07, 6.45) is 5.66. The lowest BCUT2D eigenvalue weighted by Crippen LogP contribution is -2.54. The fourth-order valence-electron chi connectivity index (χ4n) is 8.28. The van der Waals surface area contributed by atoms with Crippen molar-refractivity contribution >= 4 is 76.3 Å². The molecule has 69 heavy (non-hydrogen) atoms. The number of hydrogen-bond donors (Lipinski definition) is 5. The Morgan fingerprint density at radius 2 is 0.899 bits per heavy atom. The third-order valence-corrected chi connectivity index (χ3v) is 12.6. The normalized spacial score (nSPS) is 22.9. The molecule has 0 aromatic heterocycles. The number of rotatable bonds is 6. The number of halogens is 1. The van der Waals surface area contributed by atoms with Crippen molar-refractivity contribution in [2.45, 2.75) is 148 Å². The predicted molar refractivity (Wildman–Crippen MR) is 251 cm³/mol. The van der Waals surface area contributed by atoms with E-state index in [1.54, 1.807) is 30.9 Å². The van der Waals surface area contributed by atoms with Crippen molar-refractivity contribution in [2.24, 2.45) is 17.8 Å². The van der Waals surface area contributed by atoms with Gasteiger partial charge in [0.25, 0.3) is 0 Å². The molecule has 0 spiro atoms. The summed E-state index contributed by atoms with van der Waals surface area (Å²) >= 11 is 5.42. The summed E-state index contributed by atoms with van der Waals surface area (Å²) in [7, 11) is 4.97. The molecule has 6 saturated heterocycles. The van der Waals surface area contributed by atoms with Gasteiger partial charge in [0.15, 0.2) is 0 Å². The summed E-state index contributed by atoms with van der Waals surface area (Å²) in [5.74, 6) is -2.13. The fraction of sp³-hybridized carbons (Fsp3) is 0.761. The maximum Gasteiger partial charge on any atom is 0.410 e. The largest absolute Gasteiger partial charge is 0.444 e. The lowest BCUT2D eigenvalue weighted by Gasteiger charge is -2.36. The maximum atomic E-state index is 12.7. The number of carbonyl (C=O) groups is 11. The van der Waals surface area contributed by atoms with Gasteiger partial charge < -0.3 is 39.7 Å². The number of amides is 10. The molecule has 0 bridgehead atoms. The van der Waals surface area contributed by atoms with Gasteiger partial charge in [0.2, 0.25) is 52.5 Å². The van der Waals surface area contributed by atoms with Crippen LogP contribution in [-0.2, 0) is 52.6 Å². The minimum atomic E-state index is -0.603. The maximum absolute atomic E-state index is 12.7. The Hall–Kier alpha value is -5.22. The molecular weight excluding hydrogens is 922 g/mol. The molecule has 6 aliphatic rings. The third-order valence-electron chi connectivity index (χ3n) is 12.3. The number of carbonyl (C=O) groups excluding carboxylic acids is 11. The molecular formula is C46H74ClN9O13. The van der Waals surface area contributed by atoms with Crippen LogP contribution >= 0.6 is 11.6 Å². The molecule has 6 rings (SSSR count). The average Bonchev–Trinajstić information content (AvgIpc) is 3.28. The molecule has 0 radical (unpaired) electrons. The summed E-state index contributed by atoms with van der Waals surface area (Å²) in [4.78, 5) is 133. The van der Waals surface area contributed by atoms with Gasteiger partial charge in [-0.25, -0.2) is 9.59 Å². The van der Waals surface area contributed by atoms with Crippen LogP contribution in [0.15, 0.2) is 0 Å². The van der Waals surface area contributed by atoms with Crippen LogP contribution in [0.1, 0.15) is 119 Å². The molecule has 23 heteroatoms. The highest BCUT2D eigenvalue weighted by atomic mass is 35.5. The van der Waals surface area contributed by atoms with E-state index in [0.717, 1.165) is 25.9 Å². The first-order valence-electron chi connectivity index (χ1n) is 23.8. The molecule has 0 aromatic carbocycles. The smallest absolute Gasteiger partial charge is 0.410 e. The molecule has 3 atom stereocenters. The van der Waals surface area contributed by atoms with Gasteiger partial charge >= 0.3 is 12.2 Å². The van der Waals surface area contributed by atoms with Gasteiger partial charge in [-0.3, -0.25) is 59.1 Å². The van der Waals surface area contributed by atoms with Crippen LogP contribution < -0.4 is 26.6 Å². The first kappa shape index (κ1) is 58.1. The van der Waals surface area contributed by atoms with Gasteiger partial charge in [-0.05, 0) is 131 Å². The number of nitrogens with zero attached hydrogens (tertiary/aromatic N) is 4. The van der Waals surface area contributed by atoms with E-state index < -0.39 is 29.2 Å². The first-order chi connectivity index (χ1) is 32.2. The number of likely N-dealkylation sites (tertiary alicyclic amines) is 2. The van der Waals surface area contributed by atoms with Crippen molar-refractivity contribution < 1.29 is 62.2 Å². The number of hydrogen-bond acceptors (Lipinski definition) is 15. The van der Waals surface area contributed by atoms with E-state index in [1.807, 2.05) is 41.5 Å². The second-order valence-electron chi connectivity index (χ2n) is 19.9. The molecule has 22 nitrogen and oxygen atoms in total. The highest BCUT2D eigenvalue weighted by molar-refractivity contribution is 6.64. The Morgan fingerprint density at radius 1 is 0.551 bits per heavy atom. The summed E-state index contributed by atoms with van der Waals surface area (Å²) < 4.78 is 10.6. The molecule has 388 valence electrons. The number of imide groups is 3. The van der Waals surface area contributed by atoms with E-state index in [4.69, 9.17) is 21.1 Å². The molecule has 0 saturated carbocycles. The molecule has 0 aliphatic carbocycles. The lowest BCUT2D eigenvalue weighted by molar-refractivity contribution is -0.147. The van der Waals surface area contributed by atoms with Crippen molar-refractivity contribution in [1.29, 1.82) is 0 Å². The highest BCUT2D eigenvalue weighted by Gasteiger charge is 2.38. The van der Waals surface area contributed by atoms with Crippen LogP contribution in [0, 0.1) is 17.8 Å². The van der Waals surface area contributed by atoms with E-state index in [1.165, 1.54) is 9.80 Å². The highest BCUT2D eigenvalue weighted by Crippen LogP contribution is 2.25. The van der Waals surface area contributed by atoms with Crippen LogP contribution in [0.4, 0.5) is 9.59 Å².